The predicted octanol–water partition coefficient (Wildman–Crippen LogP) is 4.54. The number of anilines is 1. The predicted molar refractivity (Wildman–Crippen MR) is 95.6 cm³/mol. The summed E-state index contributed by atoms with van der Waals surface area (Å²) in [4.78, 5) is 17.0. The van der Waals surface area contributed by atoms with Crippen LogP contribution in [0.4, 0.5) is 5.13 Å². The van der Waals surface area contributed by atoms with E-state index in [-0.39, 0.29) is 5.91 Å². The lowest BCUT2D eigenvalue weighted by atomic mass is 10.0. The first-order valence-corrected chi connectivity index (χ1v) is 8.67. The van der Waals surface area contributed by atoms with Crippen molar-refractivity contribution in [3.8, 4) is 11.3 Å². The smallest absolute Gasteiger partial charge is 0.262 e. The van der Waals surface area contributed by atoms with E-state index in [1.54, 1.807) is 6.92 Å². The average molecular weight is 341 g/mol. The van der Waals surface area contributed by atoms with Gasteiger partial charge < -0.3 is 4.52 Å². The number of carbonyl (C=O) groups is 1. The van der Waals surface area contributed by atoms with Crippen molar-refractivity contribution in [1.82, 2.24) is 10.1 Å². The molecule has 2 heterocycles. The first-order chi connectivity index (χ1) is 11.5. The van der Waals surface area contributed by atoms with E-state index in [4.69, 9.17) is 4.52 Å². The van der Waals surface area contributed by atoms with E-state index in [9.17, 15) is 4.79 Å². The third-order valence-electron chi connectivity index (χ3n) is 3.86. The molecule has 1 N–H and O–H groups in total. The molecule has 0 radical (unpaired) electrons. The van der Waals surface area contributed by atoms with E-state index in [0.29, 0.717) is 28.6 Å². The van der Waals surface area contributed by atoms with Gasteiger partial charge in [0, 0.05) is 17.4 Å². The SMILES string of the molecule is CCc1onc(C)c1C(=O)Nc1nc(-c2ccc(C)cc2C)cs1. The normalized spacial score (nSPS) is 10.8. The van der Waals surface area contributed by atoms with Gasteiger partial charge in [0.2, 0.25) is 0 Å². The number of benzene rings is 1. The molecule has 3 aromatic rings. The average Bonchev–Trinajstić information content (AvgIpc) is 3.13. The number of amides is 1. The zero-order valence-electron chi connectivity index (χ0n) is 14.1. The van der Waals surface area contributed by atoms with Gasteiger partial charge in [0.25, 0.3) is 5.91 Å². The molecule has 0 saturated heterocycles. The van der Waals surface area contributed by atoms with Gasteiger partial charge in [-0.1, -0.05) is 35.8 Å². The molecular formula is C18H19N3O2S. The molecule has 2 aromatic heterocycles. The van der Waals surface area contributed by atoms with Gasteiger partial charge >= 0.3 is 0 Å². The van der Waals surface area contributed by atoms with Crippen molar-refractivity contribution >= 4 is 22.4 Å². The van der Waals surface area contributed by atoms with E-state index in [0.717, 1.165) is 11.3 Å². The Kier molecular flexibility index (Phi) is 4.49. The maximum Gasteiger partial charge on any atom is 0.262 e. The summed E-state index contributed by atoms with van der Waals surface area (Å²) >= 11 is 1.41. The summed E-state index contributed by atoms with van der Waals surface area (Å²) in [7, 11) is 0. The van der Waals surface area contributed by atoms with Crippen LogP contribution in [-0.4, -0.2) is 16.0 Å². The molecule has 0 saturated carbocycles. The fourth-order valence-electron chi connectivity index (χ4n) is 2.66. The summed E-state index contributed by atoms with van der Waals surface area (Å²) in [5, 5.41) is 9.24. The van der Waals surface area contributed by atoms with Gasteiger partial charge in [-0.2, -0.15) is 0 Å². The third-order valence-corrected chi connectivity index (χ3v) is 4.62. The highest BCUT2D eigenvalue weighted by molar-refractivity contribution is 7.14. The molecule has 0 unspecified atom stereocenters. The van der Waals surface area contributed by atoms with E-state index in [1.165, 1.54) is 22.5 Å². The van der Waals surface area contributed by atoms with Crippen LogP contribution in [0.2, 0.25) is 0 Å². The van der Waals surface area contributed by atoms with Crippen LogP contribution in [0.1, 0.15) is 39.9 Å². The van der Waals surface area contributed by atoms with Gasteiger partial charge in [-0.25, -0.2) is 4.98 Å². The lowest BCUT2D eigenvalue weighted by Crippen LogP contribution is -2.14. The Bertz CT molecular complexity index is 896. The Morgan fingerprint density at radius 3 is 2.79 bits per heavy atom. The summed E-state index contributed by atoms with van der Waals surface area (Å²) in [5.41, 5.74) is 5.42. The van der Waals surface area contributed by atoms with E-state index < -0.39 is 0 Å². The van der Waals surface area contributed by atoms with E-state index in [2.05, 4.69) is 47.5 Å². The maximum absolute atomic E-state index is 12.5. The molecule has 6 heteroatoms. The molecule has 0 aliphatic carbocycles. The molecule has 3 rings (SSSR count). The van der Waals surface area contributed by atoms with Crippen LogP contribution >= 0.6 is 11.3 Å². The molecule has 24 heavy (non-hydrogen) atoms. The van der Waals surface area contributed by atoms with Gasteiger partial charge in [0.05, 0.1) is 11.4 Å². The molecule has 0 aliphatic rings. The number of aryl methyl sites for hydroxylation is 4. The van der Waals surface area contributed by atoms with Gasteiger partial charge in [-0.15, -0.1) is 11.3 Å². The van der Waals surface area contributed by atoms with Gasteiger partial charge in [0.15, 0.2) is 5.13 Å². The van der Waals surface area contributed by atoms with Crippen LogP contribution in [-0.2, 0) is 6.42 Å². The highest BCUT2D eigenvalue weighted by Gasteiger charge is 2.20. The molecule has 1 aromatic carbocycles. The second kappa shape index (κ2) is 6.57. The second-order valence-electron chi connectivity index (χ2n) is 5.73. The van der Waals surface area contributed by atoms with Crippen LogP contribution in [0.25, 0.3) is 11.3 Å². The van der Waals surface area contributed by atoms with Gasteiger partial charge in [0.1, 0.15) is 11.3 Å². The Balaban J connectivity index is 1.83. The van der Waals surface area contributed by atoms with Crippen LogP contribution in [0.3, 0.4) is 0 Å². The van der Waals surface area contributed by atoms with Crippen LogP contribution in [0.5, 0.6) is 0 Å². The Morgan fingerprint density at radius 1 is 1.29 bits per heavy atom. The van der Waals surface area contributed by atoms with Crippen molar-refractivity contribution in [3.05, 3.63) is 51.7 Å². The van der Waals surface area contributed by atoms with Gasteiger partial charge in [-0.05, 0) is 26.3 Å². The molecule has 0 atom stereocenters. The highest BCUT2D eigenvalue weighted by Crippen LogP contribution is 2.28. The highest BCUT2D eigenvalue weighted by atomic mass is 32.1. The summed E-state index contributed by atoms with van der Waals surface area (Å²) in [6.45, 7) is 7.82. The second-order valence-corrected chi connectivity index (χ2v) is 6.59. The molecular weight excluding hydrogens is 322 g/mol. The minimum Gasteiger partial charge on any atom is -0.360 e. The van der Waals surface area contributed by atoms with Crippen molar-refractivity contribution in [2.45, 2.75) is 34.1 Å². The lowest BCUT2D eigenvalue weighted by Gasteiger charge is -2.04. The number of aromatic nitrogens is 2. The van der Waals surface area contributed by atoms with Gasteiger partial charge in [-0.3, -0.25) is 10.1 Å². The lowest BCUT2D eigenvalue weighted by molar-refractivity contribution is 0.102. The standard InChI is InChI=1S/C18H19N3O2S/c1-5-15-16(12(4)21-23-15)17(22)20-18-19-14(9-24-18)13-7-6-10(2)8-11(13)3/h6-9H,5H2,1-4H3,(H,19,20,22). The molecule has 5 nitrogen and oxygen atoms in total. The quantitative estimate of drug-likeness (QED) is 0.756. The zero-order chi connectivity index (χ0) is 17.3. The Morgan fingerprint density at radius 2 is 2.08 bits per heavy atom. The minimum atomic E-state index is -0.230. The van der Waals surface area contributed by atoms with Crippen molar-refractivity contribution in [2.24, 2.45) is 0 Å². The van der Waals surface area contributed by atoms with Crippen molar-refractivity contribution in [2.75, 3.05) is 5.32 Å². The number of nitrogens with one attached hydrogen (secondary N) is 1. The summed E-state index contributed by atoms with van der Waals surface area (Å²) in [6.07, 6.45) is 0.620. The van der Waals surface area contributed by atoms with Crippen molar-refractivity contribution < 1.29 is 9.32 Å². The fraction of sp³-hybridized carbons (Fsp3) is 0.278. The number of hydrogen-bond acceptors (Lipinski definition) is 5. The summed E-state index contributed by atoms with van der Waals surface area (Å²) in [6, 6.07) is 6.25. The topological polar surface area (TPSA) is 68.0 Å². The third kappa shape index (κ3) is 3.10. The van der Waals surface area contributed by atoms with Crippen LogP contribution in [0.15, 0.2) is 28.1 Å². The van der Waals surface area contributed by atoms with E-state index in [1.807, 2.05) is 12.3 Å². The largest absolute Gasteiger partial charge is 0.360 e. The monoisotopic (exact) mass is 341 g/mol. The summed E-state index contributed by atoms with van der Waals surface area (Å²) < 4.78 is 5.18. The molecule has 0 bridgehead atoms. The summed E-state index contributed by atoms with van der Waals surface area (Å²) in [5.74, 6) is 0.364. The number of nitrogens with zero attached hydrogens (tertiary/aromatic N) is 2. The minimum absolute atomic E-state index is 0.230. The van der Waals surface area contributed by atoms with Crippen molar-refractivity contribution in [1.29, 1.82) is 0 Å². The number of rotatable bonds is 4. The van der Waals surface area contributed by atoms with Crippen LogP contribution in [0, 0.1) is 20.8 Å². The fourth-order valence-corrected chi connectivity index (χ4v) is 3.37. The first-order valence-electron chi connectivity index (χ1n) is 7.79. The molecule has 0 aliphatic heterocycles. The van der Waals surface area contributed by atoms with Crippen LogP contribution < -0.4 is 5.32 Å². The number of carbonyl (C=O) groups excluding carboxylic acids is 1. The zero-order valence-corrected chi connectivity index (χ0v) is 15.0. The Hall–Kier alpha value is -2.47. The molecule has 0 spiro atoms. The maximum atomic E-state index is 12.5. The first kappa shape index (κ1) is 16.4. The Labute approximate surface area is 144 Å². The molecule has 1 amide bonds. The number of hydrogen-bond donors (Lipinski definition) is 1. The molecule has 0 fully saturated rings. The van der Waals surface area contributed by atoms with Crippen molar-refractivity contribution in [3.63, 3.8) is 0 Å². The molecule has 124 valence electrons. The number of thiazole rings is 1. The van der Waals surface area contributed by atoms with E-state index >= 15 is 0 Å².